The highest BCUT2D eigenvalue weighted by Crippen LogP contribution is 2.05. The predicted octanol–water partition coefficient (Wildman–Crippen LogP) is -0.0803. The van der Waals surface area contributed by atoms with Gasteiger partial charge in [0, 0.05) is 6.20 Å². The van der Waals surface area contributed by atoms with Crippen LogP contribution in [0.15, 0.2) is 23.5 Å². The molecule has 0 aromatic carbocycles. The van der Waals surface area contributed by atoms with E-state index in [0.29, 0.717) is 11.5 Å². The zero-order chi connectivity index (χ0) is 11.6. The van der Waals surface area contributed by atoms with Crippen LogP contribution in [-0.2, 0) is 16.6 Å². The molecule has 0 bridgehead atoms. The lowest BCUT2D eigenvalue weighted by atomic mass is 10.4. The first kappa shape index (κ1) is 10.8. The topological polar surface area (TPSA) is 104 Å². The van der Waals surface area contributed by atoms with Crippen molar-refractivity contribution in [2.45, 2.75) is 18.5 Å². The molecule has 3 N–H and O–H groups in total. The summed E-state index contributed by atoms with van der Waals surface area (Å²) >= 11 is 0. The highest BCUT2D eigenvalue weighted by atomic mass is 32.2. The maximum absolute atomic E-state index is 11.7. The van der Waals surface area contributed by atoms with Gasteiger partial charge >= 0.3 is 0 Å². The van der Waals surface area contributed by atoms with Crippen molar-refractivity contribution in [2.75, 3.05) is 0 Å². The van der Waals surface area contributed by atoms with E-state index in [0.717, 1.165) is 0 Å². The number of imidazole rings is 1. The number of aromatic amines is 2. The Hall–Kier alpha value is -1.67. The van der Waals surface area contributed by atoms with E-state index in [1.54, 1.807) is 19.2 Å². The molecule has 8 heteroatoms. The Morgan fingerprint density at radius 2 is 2.31 bits per heavy atom. The van der Waals surface area contributed by atoms with Gasteiger partial charge in [0.2, 0.25) is 0 Å². The number of nitrogens with one attached hydrogen (secondary N) is 3. The van der Waals surface area contributed by atoms with Crippen molar-refractivity contribution in [1.29, 1.82) is 0 Å². The quantitative estimate of drug-likeness (QED) is 0.696. The molecular formula is C8H11N5O2S. The van der Waals surface area contributed by atoms with Crippen LogP contribution in [0.2, 0.25) is 0 Å². The molecule has 0 amide bonds. The molecule has 2 heterocycles. The van der Waals surface area contributed by atoms with Crippen LogP contribution in [-0.4, -0.2) is 28.6 Å². The summed E-state index contributed by atoms with van der Waals surface area (Å²) in [4.78, 5) is 6.49. The minimum Gasteiger partial charge on any atom is -0.332 e. The zero-order valence-corrected chi connectivity index (χ0v) is 9.37. The molecule has 7 nitrogen and oxygen atoms in total. The molecule has 0 fully saturated rings. The maximum Gasteiger partial charge on any atom is 0.257 e. The minimum atomic E-state index is -3.53. The fourth-order valence-corrected chi connectivity index (χ4v) is 2.14. The molecule has 2 aromatic rings. The van der Waals surface area contributed by atoms with E-state index in [2.05, 4.69) is 24.9 Å². The van der Waals surface area contributed by atoms with Gasteiger partial charge in [-0.2, -0.15) is 5.10 Å². The van der Waals surface area contributed by atoms with E-state index in [9.17, 15) is 8.42 Å². The Morgan fingerprint density at radius 1 is 1.50 bits per heavy atom. The Bertz CT molecular complexity index is 557. The van der Waals surface area contributed by atoms with Gasteiger partial charge in [-0.15, -0.1) is 0 Å². The number of aryl methyl sites for hydroxylation is 1. The molecule has 0 spiro atoms. The number of nitrogens with zero attached hydrogens (tertiary/aromatic N) is 2. The fourth-order valence-electron chi connectivity index (χ4n) is 1.17. The van der Waals surface area contributed by atoms with E-state index in [4.69, 9.17) is 0 Å². The van der Waals surface area contributed by atoms with Crippen molar-refractivity contribution in [2.24, 2.45) is 0 Å². The fraction of sp³-hybridized carbons (Fsp3) is 0.250. The summed E-state index contributed by atoms with van der Waals surface area (Å²) in [5.74, 6) is 0.557. The van der Waals surface area contributed by atoms with E-state index in [1.807, 2.05) is 0 Å². The summed E-state index contributed by atoms with van der Waals surface area (Å²) < 4.78 is 25.9. The average molecular weight is 241 g/mol. The number of H-pyrrole nitrogens is 2. The SMILES string of the molecule is Cc1ncc(S(=O)(=O)NCc2ccn[nH]2)[nH]1. The molecule has 0 saturated heterocycles. The van der Waals surface area contributed by atoms with Gasteiger partial charge in [-0.25, -0.2) is 18.1 Å². The van der Waals surface area contributed by atoms with Crippen LogP contribution >= 0.6 is 0 Å². The van der Waals surface area contributed by atoms with Crippen LogP contribution in [0.4, 0.5) is 0 Å². The van der Waals surface area contributed by atoms with Gasteiger partial charge in [0.05, 0.1) is 18.4 Å². The second kappa shape index (κ2) is 4.06. The third-order valence-corrected chi connectivity index (χ3v) is 3.29. The first-order chi connectivity index (χ1) is 7.58. The Balaban J connectivity index is 2.09. The van der Waals surface area contributed by atoms with Crippen LogP contribution < -0.4 is 4.72 Å². The lowest BCUT2D eigenvalue weighted by Crippen LogP contribution is -2.23. The summed E-state index contributed by atoms with van der Waals surface area (Å²) in [5.41, 5.74) is 0.694. The Morgan fingerprint density at radius 3 is 2.88 bits per heavy atom. The number of hydrogen-bond donors (Lipinski definition) is 3. The monoisotopic (exact) mass is 241 g/mol. The number of sulfonamides is 1. The normalized spacial score (nSPS) is 11.8. The molecule has 0 saturated carbocycles. The second-order valence-corrected chi connectivity index (χ2v) is 4.97. The van der Waals surface area contributed by atoms with Gasteiger partial charge in [-0.3, -0.25) is 5.10 Å². The molecular weight excluding hydrogens is 230 g/mol. The third kappa shape index (κ3) is 2.28. The van der Waals surface area contributed by atoms with Crippen molar-refractivity contribution >= 4 is 10.0 Å². The van der Waals surface area contributed by atoms with Gasteiger partial charge in [0.25, 0.3) is 10.0 Å². The van der Waals surface area contributed by atoms with Crippen molar-refractivity contribution in [3.63, 3.8) is 0 Å². The van der Waals surface area contributed by atoms with Gasteiger partial charge in [-0.05, 0) is 13.0 Å². The van der Waals surface area contributed by atoms with E-state index in [-0.39, 0.29) is 11.6 Å². The second-order valence-electron chi connectivity index (χ2n) is 3.24. The summed E-state index contributed by atoms with van der Waals surface area (Å²) in [6, 6.07) is 1.70. The largest absolute Gasteiger partial charge is 0.332 e. The van der Waals surface area contributed by atoms with Gasteiger partial charge in [-0.1, -0.05) is 0 Å². The average Bonchev–Trinajstić information content (AvgIpc) is 2.85. The molecule has 0 atom stereocenters. The molecule has 0 unspecified atom stereocenters. The van der Waals surface area contributed by atoms with Crippen LogP contribution in [0.25, 0.3) is 0 Å². The molecule has 86 valence electrons. The first-order valence-corrected chi connectivity index (χ1v) is 6.06. The number of hydrogen-bond acceptors (Lipinski definition) is 4. The minimum absolute atomic E-state index is 0.0597. The van der Waals surface area contributed by atoms with Crippen molar-refractivity contribution in [3.05, 3.63) is 30.0 Å². The predicted molar refractivity (Wildman–Crippen MR) is 55.9 cm³/mol. The van der Waals surface area contributed by atoms with Gasteiger partial charge < -0.3 is 4.98 Å². The van der Waals surface area contributed by atoms with Crippen molar-refractivity contribution in [3.8, 4) is 0 Å². The summed E-state index contributed by atoms with van der Waals surface area (Å²) in [7, 11) is -3.53. The van der Waals surface area contributed by atoms with E-state index in [1.165, 1.54) is 6.20 Å². The zero-order valence-electron chi connectivity index (χ0n) is 8.56. The smallest absolute Gasteiger partial charge is 0.257 e. The van der Waals surface area contributed by atoms with Gasteiger partial charge in [0.1, 0.15) is 5.82 Å². The Labute approximate surface area is 92.4 Å². The summed E-state index contributed by atoms with van der Waals surface area (Å²) in [5, 5.41) is 6.44. The van der Waals surface area contributed by atoms with Crippen molar-refractivity contribution < 1.29 is 8.42 Å². The molecule has 0 radical (unpaired) electrons. The van der Waals surface area contributed by atoms with Crippen LogP contribution in [0.3, 0.4) is 0 Å². The summed E-state index contributed by atoms with van der Waals surface area (Å²) in [6.45, 7) is 1.86. The van der Waals surface area contributed by atoms with Gasteiger partial charge in [0.15, 0.2) is 5.03 Å². The van der Waals surface area contributed by atoms with E-state index >= 15 is 0 Å². The van der Waals surface area contributed by atoms with Crippen LogP contribution in [0, 0.1) is 6.92 Å². The highest BCUT2D eigenvalue weighted by molar-refractivity contribution is 7.89. The standard InChI is InChI=1S/C8H11N5O2S/c1-6-9-5-8(12-6)16(14,15)11-4-7-2-3-10-13-7/h2-3,5,11H,4H2,1H3,(H,9,12)(H,10,13). The summed E-state index contributed by atoms with van der Waals surface area (Å²) in [6.07, 6.45) is 2.84. The lowest BCUT2D eigenvalue weighted by molar-refractivity contribution is 0.577. The first-order valence-electron chi connectivity index (χ1n) is 4.57. The van der Waals surface area contributed by atoms with Crippen LogP contribution in [0.5, 0.6) is 0 Å². The number of aromatic nitrogens is 4. The number of rotatable bonds is 4. The molecule has 0 aliphatic heterocycles. The molecule has 0 aliphatic rings. The molecule has 2 rings (SSSR count). The third-order valence-electron chi connectivity index (χ3n) is 1.98. The molecule has 2 aromatic heterocycles. The highest BCUT2D eigenvalue weighted by Gasteiger charge is 2.15. The van der Waals surface area contributed by atoms with Crippen molar-refractivity contribution in [1.82, 2.24) is 24.9 Å². The Kier molecular flexibility index (Phi) is 2.75. The lowest BCUT2D eigenvalue weighted by Gasteiger charge is -2.02. The van der Waals surface area contributed by atoms with E-state index < -0.39 is 10.0 Å². The molecule has 0 aliphatic carbocycles. The molecule has 16 heavy (non-hydrogen) atoms. The van der Waals surface area contributed by atoms with Crippen LogP contribution in [0.1, 0.15) is 11.5 Å². The maximum atomic E-state index is 11.7.